The lowest BCUT2D eigenvalue weighted by atomic mass is 10.3. The van der Waals surface area contributed by atoms with Gasteiger partial charge in [0.1, 0.15) is 0 Å². The van der Waals surface area contributed by atoms with Crippen LogP contribution in [0.3, 0.4) is 0 Å². The van der Waals surface area contributed by atoms with E-state index in [-0.39, 0.29) is 18.1 Å². The average Bonchev–Trinajstić information content (AvgIpc) is 2.94. The SMILES string of the molecule is CCOC(=O)c1nnc(C=Cc2cccs2)c(=O)n1N. The molecular weight excluding hydrogens is 280 g/mol. The zero-order valence-corrected chi connectivity index (χ0v) is 11.5. The molecule has 0 aliphatic rings. The van der Waals surface area contributed by atoms with Crippen LogP contribution in [0.2, 0.25) is 0 Å². The maximum absolute atomic E-state index is 11.9. The van der Waals surface area contributed by atoms with Gasteiger partial charge in [0.05, 0.1) is 6.61 Å². The highest BCUT2D eigenvalue weighted by Crippen LogP contribution is 2.11. The van der Waals surface area contributed by atoms with Gasteiger partial charge in [-0.2, -0.15) is 4.68 Å². The van der Waals surface area contributed by atoms with Gasteiger partial charge in [-0.05, 0) is 30.5 Å². The first-order chi connectivity index (χ1) is 9.63. The molecule has 0 atom stereocenters. The average molecular weight is 292 g/mol. The minimum atomic E-state index is -0.784. The molecule has 0 aromatic carbocycles. The van der Waals surface area contributed by atoms with Gasteiger partial charge in [0, 0.05) is 4.88 Å². The standard InChI is InChI=1S/C12H12N4O3S/c1-2-19-12(18)10-15-14-9(11(17)16(10)13)6-5-8-4-3-7-20-8/h3-7H,2,13H2,1H3. The molecule has 0 saturated heterocycles. The molecule has 0 saturated carbocycles. The molecule has 2 aromatic heterocycles. The van der Waals surface area contributed by atoms with Gasteiger partial charge in [-0.15, -0.1) is 21.5 Å². The number of esters is 1. The molecule has 0 bridgehead atoms. The van der Waals surface area contributed by atoms with Crippen molar-refractivity contribution in [3.8, 4) is 0 Å². The van der Waals surface area contributed by atoms with Gasteiger partial charge >= 0.3 is 5.97 Å². The van der Waals surface area contributed by atoms with Crippen molar-refractivity contribution < 1.29 is 9.53 Å². The molecule has 0 aliphatic carbocycles. The highest BCUT2D eigenvalue weighted by Gasteiger charge is 2.16. The maximum atomic E-state index is 11.9. The van der Waals surface area contributed by atoms with Crippen LogP contribution in [0.25, 0.3) is 12.2 Å². The third-order valence-corrected chi connectivity index (χ3v) is 3.16. The molecule has 8 heteroatoms. The number of carbonyl (C=O) groups is 1. The van der Waals surface area contributed by atoms with Crippen molar-refractivity contribution in [2.45, 2.75) is 6.92 Å². The molecule has 7 nitrogen and oxygen atoms in total. The van der Waals surface area contributed by atoms with E-state index in [0.29, 0.717) is 4.68 Å². The molecule has 2 aromatic rings. The molecule has 2 rings (SSSR count). The fourth-order valence-electron chi connectivity index (χ4n) is 1.40. The van der Waals surface area contributed by atoms with Gasteiger partial charge in [-0.1, -0.05) is 6.07 Å². The minimum Gasteiger partial charge on any atom is -0.460 e. The molecular formula is C12H12N4O3S. The van der Waals surface area contributed by atoms with Gasteiger partial charge < -0.3 is 10.6 Å². The molecule has 20 heavy (non-hydrogen) atoms. The van der Waals surface area contributed by atoms with E-state index >= 15 is 0 Å². The van der Waals surface area contributed by atoms with E-state index in [0.717, 1.165) is 4.88 Å². The van der Waals surface area contributed by atoms with E-state index in [1.54, 1.807) is 13.0 Å². The first-order valence-electron chi connectivity index (χ1n) is 5.77. The van der Waals surface area contributed by atoms with Crippen LogP contribution in [0.4, 0.5) is 0 Å². The van der Waals surface area contributed by atoms with Crippen LogP contribution in [-0.4, -0.2) is 27.4 Å². The number of carbonyl (C=O) groups excluding carboxylic acids is 1. The zero-order valence-electron chi connectivity index (χ0n) is 10.6. The van der Waals surface area contributed by atoms with E-state index in [9.17, 15) is 9.59 Å². The summed E-state index contributed by atoms with van der Waals surface area (Å²) in [5, 5.41) is 9.23. The Balaban J connectivity index is 2.32. The van der Waals surface area contributed by atoms with Crippen molar-refractivity contribution in [1.82, 2.24) is 14.9 Å². The van der Waals surface area contributed by atoms with E-state index in [2.05, 4.69) is 10.2 Å². The topological polar surface area (TPSA) is 100 Å². The fraction of sp³-hybridized carbons (Fsp3) is 0.167. The molecule has 0 unspecified atom stereocenters. The highest BCUT2D eigenvalue weighted by molar-refractivity contribution is 7.10. The van der Waals surface area contributed by atoms with Gasteiger partial charge in [0.15, 0.2) is 5.69 Å². The normalized spacial score (nSPS) is 10.8. The summed E-state index contributed by atoms with van der Waals surface area (Å²) in [4.78, 5) is 24.4. The first kappa shape index (κ1) is 13.9. The number of hydrogen-bond donors (Lipinski definition) is 1. The molecule has 0 aliphatic heterocycles. The Morgan fingerprint density at radius 1 is 1.50 bits per heavy atom. The number of nitrogens with zero attached hydrogens (tertiary/aromatic N) is 3. The lowest BCUT2D eigenvalue weighted by Gasteiger charge is -2.05. The lowest BCUT2D eigenvalue weighted by molar-refractivity contribution is 0.0504. The van der Waals surface area contributed by atoms with Gasteiger partial charge in [0.25, 0.3) is 11.4 Å². The van der Waals surface area contributed by atoms with Crippen molar-refractivity contribution >= 4 is 29.5 Å². The Morgan fingerprint density at radius 2 is 2.30 bits per heavy atom. The Labute approximate surface area is 118 Å². The van der Waals surface area contributed by atoms with Gasteiger partial charge in [0.2, 0.25) is 0 Å². The molecule has 0 amide bonds. The van der Waals surface area contributed by atoms with Crippen molar-refractivity contribution in [3.63, 3.8) is 0 Å². The second kappa shape index (κ2) is 6.11. The summed E-state index contributed by atoms with van der Waals surface area (Å²) in [6.45, 7) is 1.80. The second-order valence-corrected chi connectivity index (χ2v) is 4.63. The van der Waals surface area contributed by atoms with Gasteiger partial charge in [-0.25, -0.2) is 4.79 Å². The number of rotatable bonds is 4. The van der Waals surface area contributed by atoms with E-state index in [1.165, 1.54) is 17.4 Å². The molecule has 0 spiro atoms. The van der Waals surface area contributed by atoms with Crippen molar-refractivity contribution in [2.75, 3.05) is 12.4 Å². The van der Waals surface area contributed by atoms with Crippen molar-refractivity contribution in [3.05, 3.63) is 44.3 Å². The van der Waals surface area contributed by atoms with E-state index < -0.39 is 11.5 Å². The summed E-state index contributed by atoms with van der Waals surface area (Å²) in [6.07, 6.45) is 3.22. The minimum absolute atomic E-state index is 0.0500. The number of nitrogen functional groups attached to an aromatic ring is 1. The van der Waals surface area contributed by atoms with Crippen LogP contribution in [-0.2, 0) is 4.74 Å². The van der Waals surface area contributed by atoms with E-state index in [1.807, 2.05) is 17.5 Å². The Bertz CT molecular complexity index is 691. The third-order valence-electron chi connectivity index (χ3n) is 2.33. The number of aromatic nitrogens is 3. The lowest BCUT2D eigenvalue weighted by Crippen LogP contribution is -2.36. The van der Waals surface area contributed by atoms with Crippen LogP contribution in [0.1, 0.15) is 28.1 Å². The Hall–Kier alpha value is -2.48. The number of thiophene rings is 1. The summed E-state index contributed by atoms with van der Waals surface area (Å²) in [6, 6.07) is 3.78. The number of hydrogen-bond acceptors (Lipinski definition) is 7. The smallest absolute Gasteiger partial charge is 0.378 e. The predicted molar refractivity (Wildman–Crippen MR) is 75.6 cm³/mol. The molecule has 104 valence electrons. The molecule has 2 heterocycles. The zero-order chi connectivity index (χ0) is 14.5. The first-order valence-corrected chi connectivity index (χ1v) is 6.65. The van der Waals surface area contributed by atoms with Gasteiger partial charge in [-0.3, -0.25) is 4.79 Å². The van der Waals surface area contributed by atoms with Crippen LogP contribution < -0.4 is 11.4 Å². The summed E-state index contributed by atoms with van der Waals surface area (Å²) in [5.74, 6) is 4.42. The largest absolute Gasteiger partial charge is 0.460 e. The summed E-state index contributed by atoms with van der Waals surface area (Å²) >= 11 is 1.52. The Kier molecular flexibility index (Phi) is 4.26. The second-order valence-electron chi connectivity index (χ2n) is 3.65. The van der Waals surface area contributed by atoms with Crippen molar-refractivity contribution in [1.29, 1.82) is 0 Å². The monoisotopic (exact) mass is 292 g/mol. The third kappa shape index (κ3) is 2.91. The molecule has 0 radical (unpaired) electrons. The van der Waals surface area contributed by atoms with Crippen LogP contribution in [0, 0.1) is 0 Å². The van der Waals surface area contributed by atoms with Crippen LogP contribution >= 0.6 is 11.3 Å². The van der Waals surface area contributed by atoms with Crippen LogP contribution in [0.15, 0.2) is 22.3 Å². The number of ether oxygens (including phenoxy) is 1. The van der Waals surface area contributed by atoms with E-state index in [4.69, 9.17) is 10.6 Å². The number of nitrogens with two attached hydrogens (primary N) is 1. The summed E-state index contributed by atoms with van der Waals surface area (Å²) < 4.78 is 5.36. The van der Waals surface area contributed by atoms with Crippen LogP contribution in [0.5, 0.6) is 0 Å². The molecule has 2 N–H and O–H groups in total. The fourth-order valence-corrected chi connectivity index (χ4v) is 2.02. The highest BCUT2D eigenvalue weighted by atomic mass is 32.1. The van der Waals surface area contributed by atoms with Crippen molar-refractivity contribution in [2.24, 2.45) is 0 Å². The summed E-state index contributed by atoms with van der Waals surface area (Å²) in [5.41, 5.74) is -0.565. The summed E-state index contributed by atoms with van der Waals surface area (Å²) in [7, 11) is 0. The molecule has 0 fully saturated rings. The Morgan fingerprint density at radius 3 is 2.95 bits per heavy atom. The quantitative estimate of drug-likeness (QED) is 0.659. The maximum Gasteiger partial charge on any atom is 0.378 e. The predicted octanol–water partition coefficient (Wildman–Crippen LogP) is 0.761.